The van der Waals surface area contributed by atoms with E-state index in [2.05, 4.69) is 24.0 Å². The maximum absolute atomic E-state index is 11.5. The molecule has 0 heterocycles. The van der Waals surface area contributed by atoms with E-state index in [-0.39, 0.29) is 4.91 Å². The van der Waals surface area contributed by atoms with Gasteiger partial charge in [-0.25, -0.2) is 8.42 Å². The van der Waals surface area contributed by atoms with E-state index in [0.29, 0.717) is 5.56 Å². The predicted octanol–water partition coefficient (Wildman–Crippen LogP) is 3.62. The van der Waals surface area contributed by atoms with Crippen molar-refractivity contribution in [1.29, 1.82) is 5.26 Å². The lowest BCUT2D eigenvalue weighted by molar-refractivity contribution is 0.609. The Morgan fingerprint density at radius 1 is 1.12 bits per heavy atom. The van der Waals surface area contributed by atoms with Gasteiger partial charge in [0.2, 0.25) is 0 Å². The van der Waals surface area contributed by atoms with Gasteiger partial charge in [0, 0.05) is 25.0 Å². The molecule has 124 valence electrons. The van der Waals surface area contributed by atoms with Crippen LogP contribution in [-0.2, 0) is 16.4 Å². The lowest BCUT2D eigenvalue weighted by Gasteiger charge is -2.23. The molecule has 0 amide bonds. The Morgan fingerprint density at radius 2 is 1.75 bits per heavy atom. The molecular formula is C19H20N2O2S. The van der Waals surface area contributed by atoms with Crippen LogP contribution in [0.15, 0.2) is 59.5 Å². The van der Waals surface area contributed by atoms with Crippen LogP contribution < -0.4 is 4.90 Å². The van der Waals surface area contributed by atoms with Crippen molar-refractivity contribution in [2.75, 3.05) is 17.7 Å². The molecule has 0 saturated carbocycles. The molecule has 0 aliphatic heterocycles. The zero-order valence-corrected chi connectivity index (χ0v) is 14.6. The minimum Gasteiger partial charge on any atom is -0.367 e. The van der Waals surface area contributed by atoms with Crippen LogP contribution in [0, 0.1) is 11.3 Å². The van der Waals surface area contributed by atoms with Crippen molar-refractivity contribution < 1.29 is 8.42 Å². The number of nitrogens with zero attached hydrogens (tertiary/aromatic N) is 2. The highest BCUT2D eigenvalue weighted by atomic mass is 32.2. The Hall–Kier alpha value is -2.58. The van der Waals surface area contributed by atoms with E-state index in [1.54, 1.807) is 6.07 Å². The van der Waals surface area contributed by atoms with E-state index in [9.17, 15) is 8.42 Å². The van der Waals surface area contributed by atoms with Crippen LogP contribution in [0.2, 0.25) is 0 Å². The molecule has 0 saturated heterocycles. The van der Waals surface area contributed by atoms with E-state index in [1.165, 1.54) is 11.6 Å². The van der Waals surface area contributed by atoms with Crippen molar-refractivity contribution >= 4 is 21.6 Å². The largest absolute Gasteiger partial charge is 0.367 e. The molecular weight excluding hydrogens is 320 g/mol. The van der Waals surface area contributed by atoms with Crippen molar-refractivity contribution in [3.05, 3.63) is 70.6 Å². The summed E-state index contributed by atoms with van der Waals surface area (Å²) in [5.41, 5.74) is 2.97. The maximum Gasteiger partial charge on any atom is 0.185 e. The molecule has 0 atom stereocenters. The number of hydrogen-bond acceptors (Lipinski definition) is 4. The Balaban J connectivity index is 2.22. The van der Waals surface area contributed by atoms with Crippen LogP contribution in [-0.4, -0.2) is 21.2 Å². The summed E-state index contributed by atoms with van der Waals surface area (Å²) in [6, 6.07) is 19.5. The third-order valence-electron chi connectivity index (χ3n) is 3.66. The second-order valence-corrected chi connectivity index (χ2v) is 7.47. The molecule has 0 aliphatic carbocycles. The van der Waals surface area contributed by atoms with E-state index in [1.807, 2.05) is 42.5 Å². The zero-order chi connectivity index (χ0) is 17.6. The van der Waals surface area contributed by atoms with Crippen molar-refractivity contribution in [3.63, 3.8) is 0 Å². The molecule has 0 aliphatic rings. The minimum absolute atomic E-state index is 0.230. The summed E-state index contributed by atoms with van der Waals surface area (Å²) < 4.78 is 23.0. The topological polar surface area (TPSA) is 61.2 Å². The molecule has 24 heavy (non-hydrogen) atoms. The first kappa shape index (κ1) is 17.8. The summed E-state index contributed by atoms with van der Waals surface area (Å²) >= 11 is 0. The Kier molecular flexibility index (Phi) is 5.78. The van der Waals surface area contributed by atoms with Gasteiger partial charge < -0.3 is 4.90 Å². The molecule has 0 aromatic heterocycles. The lowest BCUT2D eigenvalue weighted by Crippen LogP contribution is -2.21. The molecule has 0 spiro atoms. The van der Waals surface area contributed by atoms with Crippen LogP contribution in [0.5, 0.6) is 0 Å². The number of anilines is 1. The first-order valence-corrected chi connectivity index (χ1v) is 9.54. The molecule has 2 aromatic carbocycles. The Labute approximate surface area is 143 Å². The second kappa shape index (κ2) is 7.80. The molecule has 0 N–H and O–H groups in total. The van der Waals surface area contributed by atoms with Gasteiger partial charge in [-0.05, 0) is 36.3 Å². The quantitative estimate of drug-likeness (QED) is 0.754. The summed E-state index contributed by atoms with van der Waals surface area (Å²) in [7, 11) is -3.50. The fraction of sp³-hybridized carbons (Fsp3) is 0.211. The van der Waals surface area contributed by atoms with Crippen molar-refractivity contribution in [2.24, 2.45) is 0 Å². The van der Waals surface area contributed by atoms with Gasteiger partial charge in [0.15, 0.2) is 9.84 Å². The average Bonchev–Trinajstić information content (AvgIpc) is 2.58. The molecule has 0 radical (unpaired) electrons. The van der Waals surface area contributed by atoms with Gasteiger partial charge in [0.05, 0.1) is 0 Å². The van der Waals surface area contributed by atoms with E-state index < -0.39 is 9.84 Å². The number of allylic oxidation sites excluding steroid dienone is 1. The third kappa shape index (κ3) is 4.71. The fourth-order valence-electron chi connectivity index (χ4n) is 2.34. The SMILES string of the molecule is CCN(Cc1ccccc1)c1ccc(/C=C(\C#N)S(C)(=O)=O)cc1. The summed E-state index contributed by atoms with van der Waals surface area (Å²) in [6.45, 7) is 3.75. The second-order valence-electron chi connectivity index (χ2n) is 5.48. The highest BCUT2D eigenvalue weighted by molar-refractivity contribution is 7.95. The number of benzene rings is 2. The highest BCUT2D eigenvalue weighted by Crippen LogP contribution is 2.20. The molecule has 0 bridgehead atoms. The number of hydrogen-bond donors (Lipinski definition) is 0. The molecule has 2 rings (SSSR count). The third-order valence-corrected chi connectivity index (χ3v) is 4.67. The lowest BCUT2D eigenvalue weighted by atomic mass is 10.1. The van der Waals surface area contributed by atoms with Gasteiger partial charge in [-0.2, -0.15) is 5.26 Å². The summed E-state index contributed by atoms with van der Waals surface area (Å²) in [4.78, 5) is 2.00. The van der Waals surface area contributed by atoms with Crippen molar-refractivity contribution in [1.82, 2.24) is 0 Å². The molecule has 0 unspecified atom stereocenters. The van der Waals surface area contributed by atoms with E-state index >= 15 is 0 Å². The van der Waals surface area contributed by atoms with Gasteiger partial charge in [-0.1, -0.05) is 42.5 Å². The van der Waals surface area contributed by atoms with E-state index in [0.717, 1.165) is 25.0 Å². The van der Waals surface area contributed by atoms with Gasteiger partial charge in [-0.15, -0.1) is 0 Å². The predicted molar refractivity (Wildman–Crippen MR) is 98.0 cm³/mol. The summed E-state index contributed by atoms with van der Waals surface area (Å²) in [6.07, 6.45) is 2.43. The van der Waals surface area contributed by atoms with Gasteiger partial charge in [0.1, 0.15) is 11.0 Å². The smallest absolute Gasteiger partial charge is 0.185 e. The first-order valence-electron chi connectivity index (χ1n) is 7.65. The van der Waals surface area contributed by atoms with Crippen molar-refractivity contribution in [2.45, 2.75) is 13.5 Å². The number of nitriles is 1. The van der Waals surface area contributed by atoms with Crippen LogP contribution in [0.1, 0.15) is 18.1 Å². The van der Waals surface area contributed by atoms with Gasteiger partial charge >= 0.3 is 0 Å². The Morgan fingerprint density at radius 3 is 2.25 bits per heavy atom. The van der Waals surface area contributed by atoms with Crippen LogP contribution in [0.25, 0.3) is 6.08 Å². The van der Waals surface area contributed by atoms with Crippen LogP contribution in [0.3, 0.4) is 0 Å². The highest BCUT2D eigenvalue weighted by Gasteiger charge is 2.10. The molecule has 0 fully saturated rings. The van der Waals surface area contributed by atoms with Crippen molar-refractivity contribution in [3.8, 4) is 6.07 Å². The van der Waals surface area contributed by atoms with Gasteiger partial charge in [-0.3, -0.25) is 0 Å². The monoisotopic (exact) mass is 340 g/mol. The number of sulfone groups is 1. The normalized spacial score (nSPS) is 11.8. The van der Waals surface area contributed by atoms with Crippen LogP contribution >= 0.6 is 0 Å². The number of rotatable bonds is 6. The summed E-state index contributed by atoms with van der Waals surface area (Å²) in [5.74, 6) is 0. The Bertz CT molecular complexity index is 848. The zero-order valence-electron chi connectivity index (χ0n) is 13.8. The van der Waals surface area contributed by atoms with Crippen LogP contribution in [0.4, 0.5) is 5.69 Å². The standard InChI is InChI=1S/C19H20N2O2S/c1-3-21(15-17-7-5-4-6-8-17)18-11-9-16(10-12-18)13-19(14-20)24(2,22)23/h4-13H,3,15H2,1-2H3/b19-13+. The molecule has 5 heteroatoms. The van der Waals surface area contributed by atoms with E-state index in [4.69, 9.17) is 5.26 Å². The maximum atomic E-state index is 11.5. The fourth-order valence-corrected chi connectivity index (χ4v) is 2.86. The minimum atomic E-state index is -3.50. The van der Waals surface area contributed by atoms with Gasteiger partial charge in [0.25, 0.3) is 0 Å². The first-order chi connectivity index (χ1) is 11.4. The molecule has 4 nitrogen and oxygen atoms in total. The average molecular weight is 340 g/mol. The summed E-state index contributed by atoms with van der Waals surface area (Å²) in [5, 5.41) is 8.96. The molecule has 2 aromatic rings.